The van der Waals surface area contributed by atoms with Gasteiger partial charge in [-0.2, -0.15) is 0 Å². The van der Waals surface area contributed by atoms with E-state index in [1.54, 1.807) is 23.5 Å². The van der Waals surface area contributed by atoms with Crippen molar-refractivity contribution in [2.45, 2.75) is 13.3 Å². The van der Waals surface area contributed by atoms with Gasteiger partial charge >= 0.3 is 0 Å². The zero-order valence-electron chi connectivity index (χ0n) is 12.6. The number of hydrogen-bond acceptors (Lipinski definition) is 3. The van der Waals surface area contributed by atoms with Crippen LogP contribution in [0, 0.1) is 0 Å². The van der Waals surface area contributed by atoms with E-state index in [1.165, 1.54) is 4.88 Å². The topological polar surface area (TPSA) is 24.9 Å². The number of aryl methyl sites for hydroxylation is 1. The normalized spacial score (nSPS) is 10.3. The fraction of sp³-hybridized carbons (Fsp3) is 0.118. The molecule has 0 unspecified atom stereocenters. The minimum Gasteiger partial charge on any atom is -1.00 e. The van der Waals surface area contributed by atoms with Crippen molar-refractivity contribution in [1.29, 1.82) is 0 Å². The van der Waals surface area contributed by atoms with Crippen LogP contribution in [0.25, 0.3) is 11.3 Å². The number of aromatic nitrogens is 1. The molecule has 1 N–H and O–H groups in total. The van der Waals surface area contributed by atoms with E-state index in [0.717, 1.165) is 22.8 Å². The lowest BCUT2D eigenvalue weighted by Gasteiger charge is -2.06. The van der Waals surface area contributed by atoms with Crippen LogP contribution >= 0.6 is 46.1 Å². The molecule has 2 nitrogen and oxygen atoms in total. The van der Waals surface area contributed by atoms with E-state index < -0.39 is 0 Å². The average Bonchev–Trinajstić information content (AvgIpc) is 2.95. The van der Waals surface area contributed by atoms with E-state index in [1.807, 2.05) is 30.3 Å². The van der Waals surface area contributed by atoms with E-state index >= 15 is 0 Å². The summed E-state index contributed by atoms with van der Waals surface area (Å²) >= 11 is 20.0. The first kappa shape index (κ1) is 19.5. The molecule has 0 bridgehead atoms. The van der Waals surface area contributed by atoms with Gasteiger partial charge < -0.3 is 22.3 Å². The summed E-state index contributed by atoms with van der Waals surface area (Å²) in [5.41, 5.74) is 2.68. The summed E-state index contributed by atoms with van der Waals surface area (Å²) in [6.45, 7) is 2.11. The largest absolute Gasteiger partial charge is 1.00 e. The maximum atomic E-state index is 6.21. The standard InChI is InChI=1S/C17H13Cl3N2S.BrH/c1-2-14-15(10-6-8-11(18)9-7-10)21-17(23-14)22-16-12(19)4-3-5-13(16)20;/h3-9H,2H2,1H3,(H,21,22);1H/p-1. The first-order chi connectivity index (χ1) is 11.1. The molecule has 0 spiro atoms. The van der Waals surface area contributed by atoms with E-state index in [-0.39, 0.29) is 17.0 Å². The van der Waals surface area contributed by atoms with Crippen molar-refractivity contribution >= 4 is 57.0 Å². The Bertz CT molecular complexity index is 814. The lowest BCUT2D eigenvalue weighted by Crippen LogP contribution is -3.00. The minimum atomic E-state index is 0. The second kappa shape index (κ2) is 8.54. The van der Waals surface area contributed by atoms with Gasteiger partial charge in [-0.05, 0) is 30.7 Å². The highest BCUT2D eigenvalue weighted by molar-refractivity contribution is 7.16. The third kappa shape index (κ3) is 4.24. The first-order valence-electron chi connectivity index (χ1n) is 7.05. The van der Waals surface area contributed by atoms with E-state index in [9.17, 15) is 0 Å². The van der Waals surface area contributed by atoms with Gasteiger partial charge in [-0.15, -0.1) is 11.3 Å². The van der Waals surface area contributed by atoms with Crippen LogP contribution in [0.5, 0.6) is 0 Å². The number of halogens is 4. The molecule has 0 saturated carbocycles. The third-order valence-corrected chi connectivity index (χ3v) is 5.33. The first-order valence-corrected chi connectivity index (χ1v) is 9.00. The smallest absolute Gasteiger partial charge is 0.188 e. The monoisotopic (exact) mass is 461 g/mol. The SMILES string of the molecule is CCc1sc(Nc2c(Cl)cccc2Cl)nc1-c1ccc(Cl)cc1.[Br-]. The molecular formula is C17H13BrCl3N2S-. The number of para-hydroxylation sites is 1. The van der Waals surface area contributed by atoms with Crippen molar-refractivity contribution in [3.63, 3.8) is 0 Å². The summed E-state index contributed by atoms with van der Waals surface area (Å²) in [4.78, 5) is 5.90. The van der Waals surface area contributed by atoms with Gasteiger partial charge in [-0.1, -0.05) is 59.9 Å². The Morgan fingerprint density at radius 3 is 2.21 bits per heavy atom. The number of benzene rings is 2. The van der Waals surface area contributed by atoms with Crippen molar-refractivity contribution in [1.82, 2.24) is 4.98 Å². The Morgan fingerprint density at radius 1 is 1.00 bits per heavy atom. The van der Waals surface area contributed by atoms with Gasteiger partial charge in [-0.3, -0.25) is 0 Å². The molecule has 0 saturated heterocycles. The van der Waals surface area contributed by atoms with Gasteiger partial charge in [0.15, 0.2) is 5.13 Å². The Morgan fingerprint density at radius 2 is 1.62 bits per heavy atom. The quantitative estimate of drug-likeness (QED) is 0.631. The molecular weight excluding hydrogens is 451 g/mol. The maximum absolute atomic E-state index is 6.21. The lowest BCUT2D eigenvalue weighted by atomic mass is 10.1. The summed E-state index contributed by atoms with van der Waals surface area (Å²) < 4.78 is 0. The van der Waals surface area contributed by atoms with Crippen LogP contribution in [0.4, 0.5) is 10.8 Å². The van der Waals surface area contributed by atoms with Crippen molar-refractivity contribution in [3.8, 4) is 11.3 Å². The zero-order chi connectivity index (χ0) is 16.4. The molecule has 2 aromatic carbocycles. The molecule has 0 radical (unpaired) electrons. The summed E-state index contributed by atoms with van der Waals surface area (Å²) in [6.07, 6.45) is 0.896. The molecule has 0 aliphatic rings. The van der Waals surface area contributed by atoms with Gasteiger partial charge in [-0.25, -0.2) is 4.98 Å². The number of nitrogens with one attached hydrogen (secondary N) is 1. The highest BCUT2D eigenvalue weighted by atomic mass is 79.9. The fourth-order valence-electron chi connectivity index (χ4n) is 2.20. The molecule has 3 aromatic rings. The van der Waals surface area contributed by atoms with Crippen LogP contribution in [0.3, 0.4) is 0 Å². The van der Waals surface area contributed by atoms with Crippen LogP contribution in [-0.2, 0) is 6.42 Å². The molecule has 7 heteroatoms. The number of thiazole rings is 1. The molecule has 3 rings (SSSR count). The van der Waals surface area contributed by atoms with Crippen LogP contribution in [0.2, 0.25) is 15.1 Å². The van der Waals surface area contributed by atoms with E-state index in [4.69, 9.17) is 39.8 Å². The molecule has 126 valence electrons. The van der Waals surface area contributed by atoms with E-state index in [2.05, 4.69) is 12.2 Å². The Balaban J connectivity index is 0.00000208. The lowest BCUT2D eigenvalue weighted by molar-refractivity contribution is -0.00000426. The number of hydrogen-bond donors (Lipinski definition) is 1. The average molecular weight is 464 g/mol. The summed E-state index contributed by atoms with van der Waals surface area (Å²) in [7, 11) is 0. The second-order valence-electron chi connectivity index (χ2n) is 4.87. The summed E-state index contributed by atoms with van der Waals surface area (Å²) in [5, 5.41) is 5.85. The molecule has 0 fully saturated rings. The molecule has 1 heterocycles. The van der Waals surface area contributed by atoms with Crippen molar-refractivity contribution in [3.05, 3.63) is 62.4 Å². The molecule has 0 aliphatic heterocycles. The van der Waals surface area contributed by atoms with Gasteiger partial charge in [0.25, 0.3) is 0 Å². The number of nitrogens with zero attached hydrogens (tertiary/aromatic N) is 1. The highest BCUT2D eigenvalue weighted by Crippen LogP contribution is 2.37. The Kier molecular flexibility index (Phi) is 6.96. The fourth-order valence-corrected chi connectivity index (χ4v) is 3.75. The van der Waals surface area contributed by atoms with E-state index in [0.29, 0.717) is 20.8 Å². The van der Waals surface area contributed by atoms with Gasteiger partial charge in [0.2, 0.25) is 0 Å². The van der Waals surface area contributed by atoms with Crippen molar-refractivity contribution < 1.29 is 17.0 Å². The van der Waals surface area contributed by atoms with Crippen LogP contribution < -0.4 is 22.3 Å². The van der Waals surface area contributed by atoms with Gasteiger partial charge in [0, 0.05) is 15.5 Å². The highest BCUT2D eigenvalue weighted by Gasteiger charge is 2.14. The number of anilines is 2. The summed E-state index contributed by atoms with van der Waals surface area (Å²) in [6, 6.07) is 13.1. The van der Waals surface area contributed by atoms with Gasteiger partial charge in [0.1, 0.15) is 0 Å². The maximum Gasteiger partial charge on any atom is 0.188 e. The second-order valence-corrected chi connectivity index (χ2v) is 7.21. The van der Waals surface area contributed by atoms with Gasteiger partial charge in [0.05, 0.1) is 21.4 Å². The molecule has 0 amide bonds. The molecule has 0 atom stereocenters. The van der Waals surface area contributed by atoms with Crippen molar-refractivity contribution in [2.75, 3.05) is 5.32 Å². The Hall–Kier alpha value is -0.780. The molecule has 1 aromatic heterocycles. The predicted molar refractivity (Wildman–Crippen MR) is 102 cm³/mol. The van der Waals surface area contributed by atoms with Crippen molar-refractivity contribution in [2.24, 2.45) is 0 Å². The minimum absolute atomic E-state index is 0. The van der Waals surface area contributed by atoms with Crippen LogP contribution in [0.1, 0.15) is 11.8 Å². The van der Waals surface area contributed by atoms with Crippen LogP contribution in [0.15, 0.2) is 42.5 Å². The zero-order valence-corrected chi connectivity index (χ0v) is 17.3. The summed E-state index contributed by atoms with van der Waals surface area (Å²) in [5.74, 6) is 0. The predicted octanol–water partition coefficient (Wildman–Crippen LogP) is 4.08. The third-order valence-electron chi connectivity index (χ3n) is 3.33. The number of rotatable bonds is 4. The molecule has 0 aliphatic carbocycles. The van der Waals surface area contributed by atoms with Crippen LogP contribution in [-0.4, -0.2) is 4.98 Å². The Labute approximate surface area is 170 Å². The molecule has 24 heavy (non-hydrogen) atoms.